The Labute approximate surface area is 172 Å². The van der Waals surface area contributed by atoms with Gasteiger partial charge >= 0.3 is 0 Å². The molecular weight excluding hydrogens is 400 g/mol. The number of carbonyl (C=O) groups is 1. The second-order valence-electron chi connectivity index (χ2n) is 5.67. The Balaban J connectivity index is 1.53. The van der Waals surface area contributed by atoms with Gasteiger partial charge in [-0.3, -0.25) is 9.36 Å². The molecule has 0 aliphatic rings. The van der Waals surface area contributed by atoms with Gasteiger partial charge in [-0.05, 0) is 42.5 Å². The molecule has 0 spiro atoms. The average Bonchev–Trinajstić information content (AvgIpc) is 3.17. The van der Waals surface area contributed by atoms with Crippen LogP contribution in [0.1, 0.15) is 0 Å². The second-order valence-corrected chi connectivity index (χ2v) is 7.04. The molecule has 146 valence electrons. The van der Waals surface area contributed by atoms with Crippen molar-refractivity contribution in [2.45, 2.75) is 5.16 Å². The molecule has 0 bridgehead atoms. The van der Waals surface area contributed by atoms with E-state index < -0.39 is 0 Å². The van der Waals surface area contributed by atoms with E-state index in [1.54, 1.807) is 48.3 Å². The van der Waals surface area contributed by atoms with Gasteiger partial charge in [0.1, 0.15) is 18.7 Å². The van der Waals surface area contributed by atoms with E-state index in [1.165, 1.54) is 11.8 Å². The molecule has 3 aromatic rings. The molecule has 28 heavy (non-hydrogen) atoms. The van der Waals surface area contributed by atoms with E-state index >= 15 is 0 Å². The number of hydrogen-bond donors (Lipinski definition) is 1. The van der Waals surface area contributed by atoms with E-state index in [4.69, 9.17) is 21.1 Å². The summed E-state index contributed by atoms with van der Waals surface area (Å²) in [5.41, 5.74) is 1.53. The van der Waals surface area contributed by atoms with Crippen LogP contribution in [0.4, 0.5) is 5.69 Å². The normalized spacial score (nSPS) is 10.6. The van der Waals surface area contributed by atoms with Crippen LogP contribution in [0.15, 0.2) is 60.0 Å². The van der Waals surface area contributed by atoms with Crippen molar-refractivity contribution in [3.05, 3.63) is 59.9 Å². The third-order valence-electron chi connectivity index (χ3n) is 3.63. The molecule has 9 heteroatoms. The summed E-state index contributed by atoms with van der Waals surface area (Å²) in [6.07, 6.45) is 1.59. The summed E-state index contributed by atoms with van der Waals surface area (Å²) in [5, 5.41) is 12.1. The number of carbonyl (C=O) groups excluding carboxylic acids is 1. The Kier molecular flexibility index (Phi) is 7.30. The van der Waals surface area contributed by atoms with E-state index in [-0.39, 0.29) is 11.7 Å². The largest absolute Gasteiger partial charge is 0.491 e. The number of halogens is 1. The van der Waals surface area contributed by atoms with Crippen LogP contribution in [0.25, 0.3) is 5.69 Å². The van der Waals surface area contributed by atoms with Crippen molar-refractivity contribution < 1.29 is 14.3 Å². The van der Waals surface area contributed by atoms with E-state index in [0.29, 0.717) is 29.1 Å². The summed E-state index contributed by atoms with van der Waals surface area (Å²) in [5.74, 6) is 0.781. The number of rotatable bonds is 9. The lowest BCUT2D eigenvalue weighted by Crippen LogP contribution is -2.14. The highest BCUT2D eigenvalue weighted by atomic mass is 35.5. The molecule has 7 nitrogen and oxygen atoms in total. The van der Waals surface area contributed by atoms with Crippen molar-refractivity contribution in [1.82, 2.24) is 14.8 Å². The van der Waals surface area contributed by atoms with Crippen LogP contribution in [0, 0.1) is 0 Å². The maximum Gasteiger partial charge on any atom is 0.234 e. The van der Waals surface area contributed by atoms with Crippen molar-refractivity contribution in [1.29, 1.82) is 0 Å². The quantitative estimate of drug-likeness (QED) is 0.422. The molecule has 1 amide bonds. The molecular formula is C19H19ClN4O3S. The Morgan fingerprint density at radius 3 is 2.79 bits per heavy atom. The van der Waals surface area contributed by atoms with Gasteiger partial charge < -0.3 is 14.8 Å². The van der Waals surface area contributed by atoms with Crippen LogP contribution in [0.3, 0.4) is 0 Å². The van der Waals surface area contributed by atoms with Gasteiger partial charge in [-0.25, -0.2) is 0 Å². The minimum absolute atomic E-state index is 0.140. The van der Waals surface area contributed by atoms with Gasteiger partial charge in [0.15, 0.2) is 5.16 Å². The standard InChI is InChI=1S/C19H19ClN4O3S/c1-26-9-10-27-17-7-5-15(6-8-17)22-18(25)12-28-19-23-21-13-24(19)16-4-2-3-14(20)11-16/h2-8,11,13H,9-10,12H2,1H3,(H,22,25). The molecule has 1 N–H and O–H groups in total. The number of hydrogen-bond acceptors (Lipinski definition) is 6. The fourth-order valence-corrected chi connectivity index (χ4v) is 3.24. The number of nitrogens with one attached hydrogen (secondary N) is 1. The number of nitrogens with zero attached hydrogens (tertiary/aromatic N) is 3. The van der Waals surface area contributed by atoms with E-state index in [9.17, 15) is 4.79 Å². The molecule has 0 radical (unpaired) electrons. The predicted octanol–water partition coefficient (Wildman–Crippen LogP) is 3.68. The van der Waals surface area contributed by atoms with Gasteiger partial charge in [0, 0.05) is 17.8 Å². The molecule has 0 saturated carbocycles. The molecule has 0 fully saturated rings. The van der Waals surface area contributed by atoms with Crippen LogP contribution >= 0.6 is 23.4 Å². The smallest absolute Gasteiger partial charge is 0.234 e. The van der Waals surface area contributed by atoms with E-state index in [1.807, 2.05) is 18.2 Å². The zero-order valence-electron chi connectivity index (χ0n) is 15.2. The minimum atomic E-state index is -0.140. The minimum Gasteiger partial charge on any atom is -0.491 e. The number of aromatic nitrogens is 3. The van der Waals surface area contributed by atoms with Crippen LogP contribution in [0.2, 0.25) is 5.02 Å². The van der Waals surface area contributed by atoms with Gasteiger partial charge in [-0.1, -0.05) is 29.4 Å². The van der Waals surface area contributed by atoms with Crippen LogP contribution in [-0.2, 0) is 9.53 Å². The molecule has 1 aromatic heterocycles. The van der Waals surface area contributed by atoms with E-state index in [0.717, 1.165) is 11.4 Å². The highest BCUT2D eigenvalue weighted by molar-refractivity contribution is 7.99. The van der Waals surface area contributed by atoms with Gasteiger partial charge in [0.25, 0.3) is 0 Å². The number of benzene rings is 2. The van der Waals surface area contributed by atoms with Gasteiger partial charge in [0.2, 0.25) is 5.91 Å². The third-order valence-corrected chi connectivity index (χ3v) is 4.81. The Morgan fingerprint density at radius 2 is 2.04 bits per heavy atom. The van der Waals surface area contributed by atoms with Crippen molar-refractivity contribution in [2.24, 2.45) is 0 Å². The van der Waals surface area contributed by atoms with Crippen molar-refractivity contribution in [2.75, 3.05) is 31.4 Å². The van der Waals surface area contributed by atoms with Crippen LogP contribution in [0.5, 0.6) is 5.75 Å². The van der Waals surface area contributed by atoms with Crippen molar-refractivity contribution in [3.8, 4) is 11.4 Å². The lowest BCUT2D eigenvalue weighted by Gasteiger charge is -2.09. The lowest BCUT2D eigenvalue weighted by molar-refractivity contribution is -0.113. The fraction of sp³-hybridized carbons (Fsp3) is 0.211. The summed E-state index contributed by atoms with van der Waals surface area (Å²) < 4.78 is 12.2. The van der Waals surface area contributed by atoms with Gasteiger partial charge in [-0.2, -0.15) is 0 Å². The second kappa shape index (κ2) is 10.1. The van der Waals surface area contributed by atoms with E-state index in [2.05, 4.69) is 15.5 Å². The lowest BCUT2D eigenvalue weighted by atomic mass is 10.3. The van der Waals surface area contributed by atoms with Crippen LogP contribution in [-0.4, -0.2) is 46.7 Å². The summed E-state index contributed by atoms with van der Waals surface area (Å²) in [7, 11) is 1.62. The first-order valence-corrected chi connectivity index (χ1v) is 9.82. The Bertz CT molecular complexity index is 918. The molecule has 0 atom stereocenters. The number of amides is 1. The Morgan fingerprint density at radius 1 is 1.21 bits per heavy atom. The first-order chi connectivity index (χ1) is 13.7. The highest BCUT2D eigenvalue weighted by Gasteiger charge is 2.11. The third kappa shape index (κ3) is 5.72. The highest BCUT2D eigenvalue weighted by Crippen LogP contribution is 2.22. The number of ether oxygens (including phenoxy) is 2. The molecule has 0 saturated heterocycles. The molecule has 0 aliphatic carbocycles. The van der Waals surface area contributed by atoms with Crippen molar-refractivity contribution in [3.63, 3.8) is 0 Å². The summed E-state index contributed by atoms with van der Waals surface area (Å²) in [6.45, 7) is 1.00. The maximum absolute atomic E-state index is 12.2. The first-order valence-electron chi connectivity index (χ1n) is 8.46. The van der Waals surface area contributed by atoms with Crippen molar-refractivity contribution >= 4 is 35.0 Å². The number of methoxy groups -OCH3 is 1. The SMILES string of the molecule is COCCOc1ccc(NC(=O)CSc2nncn2-c2cccc(Cl)c2)cc1. The summed E-state index contributed by atoms with van der Waals surface area (Å²) >= 11 is 7.33. The average molecular weight is 419 g/mol. The maximum atomic E-state index is 12.2. The Hall–Kier alpha value is -2.55. The van der Waals surface area contributed by atoms with Gasteiger partial charge in [-0.15, -0.1) is 10.2 Å². The monoisotopic (exact) mass is 418 g/mol. The zero-order valence-corrected chi connectivity index (χ0v) is 16.7. The molecule has 0 unspecified atom stereocenters. The summed E-state index contributed by atoms with van der Waals surface area (Å²) in [6, 6.07) is 14.5. The van der Waals surface area contributed by atoms with Crippen LogP contribution < -0.4 is 10.1 Å². The molecule has 2 aromatic carbocycles. The first kappa shape index (κ1) is 20.2. The summed E-state index contributed by atoms with van der Waals surface area (Å²) in [4.78, 5) is 12.2. The number of anilines is 1. The molecule has 3 rings (SSSR count). The van der Waals surface area contributed by atoms with Gasteiger partial charge in [0.05, 0.1) is 18.0 Å². The topological polar surface area (TPSA) is 78.3 Å². The zero-order chi connectivity index (χ0) is 19.8. The predicted molar refractivity (Wildman–Crippen MR) is 110 cm³/mol. The fourth-order valence-electron chi connectivity index (χ4n) is 2.33. The molecule has 0 aliphatic heterocycles. The number of thioether (sulfide) groups is 1. The molecule has 1 heterocycles.